The molecule has 6 heteroatoms. The van der Waals surface area contributed by atoms with Crippen LogP contribution >= 0.6 is 11.6 Å². The van der Waals surface area contributed by atoms with Crippen molar-refractivity contribution in [1.82, 2.24) is 15.3 Å². The number of benzene rings is 1. The Bertz CT molecular complexity index is 798. The average Bonchev–Trinajstić information content (AvgIpc) is 2.58. The molecule has 0 spiro atoms. The highest BCUT2D eigenvalue weighted by Crippen LogP contribution is 2.28. The average molecular weight is 342 g/mol. The van der Waals surface area contributed by atoms with Crippen molar-refractivity contribution in [1.29, 1.82) is 0 Å². The van der Waals surface area contributed by atoms with Gasteiger partial charge in [0, 0.05) is 29.7 Å². The zero-order valence-electron chi connectivity index (χ0n) is 13.5. The van der Waals surface area contributed by atoms with E-state index in [9.17, 15) is 0 Å². The van der Waals surface area contributed by atoms with Crippen LogP contribution in [-0.4, -0.2) is 23.1 Å². The van der Waals surface area contributed by atoms with Crippen LogP contribution in [0.5, 0.6) is 0 Å². The minimum Gasteiger partial charge on any atom is -0.387 e. The van der Waals surface area contributed by atoms with E-state index in [0.29, 0.717) is 5.02 Å². The molecule has 0 saturated heterocycles. The van der Waals surface area contributed by atoms with Gasteiger partial charge in [-0.25, -0.2) is 4.98 Å². The number of rotatable bonds is 5. The molecule has 0 aliphatic carbocycles. The molecule has 3 rings (SSSR count). The number of nitrogens with two attached hydrogens (primary N) is 1. The van der Waals surface area contributed by atoms with Crippen LogP contribution in [0.1, 0.15) is 12.0 Å². The third kappa shape index (κ3) is 3.86. The van der Waals surface area contributed by atoms with Gasteiger partial charge in [-0.1, -0.05) is 29.8 Å². The Hall–Kier alpha value is -2.53. The molecule has 0 saturated carbocycles. The fourth-order valence-corrected chi connectivity index (χ4v) is 2.77. The van der Waals surface area contributed by atoms with E-state index in [4.69, 9.17) is 17.3 Å². The number of halogens is 1. The Kier molecular flexibility index (Phi) is 5.01. The molecule has 24 heavy (non-hydrogen) atoms. The van der Waals surface area contributed by atoms with Crippen LogP contribution in [0.25, 0.3) is 11.3 Å². The van der Waals surface area contributed by atoms with Crippen molar-refractivity contribution in [3.63, 3.8) is 0 Å². The van der Waals surface area contributed by atoms with Crippen LogP contribution in [-0.2, 0) is 0 Å². The molecule has 2 aromatic rings. The highest BCUT2D eigenvalue weighted by molar-refractivity contribution is 6.31. The maximum absolute atomic E-state index is 6.20. The molecule has 1 aliphatic heterocycles. The number of dihydropyridines is 1. The van der Waals surface area contributed by atoms with E-state index in [1.807, 2.05) is 37.4 Å². The molecule has 0 atom stereocenters. The fourth-order valence-electron chi connectivity index (χ4n) is 2.59. The summed E-state index contributed by atoms with van der Waals surface area (Å²) in [6.07, 6.45) is 7.16. The zero-order chi connectivity index (χ0) is 16.9. The summed E-state index contributed by atoms with van der Waals surface area (Å²) in [7, 11) is 0. The van der Waals surface area contributed by atoms with Gasteiger partial charge in [-0.3, -0.25) is 0 Å². The van der Waals surface area contributed by atoms with E-state index in [0.717, 1.165) is 42.1 Å². The van der Waals surface area contributed by atoms with E-state index in [1.165, 1.54) is 5.57 Å². The van der Waals surface area contributed by atoms with Gasteiger partial charge in [0.15, 0.2) is 0 Å². The summed E-state index contributed by atoms with van der Waals surface area (Å²) in [5.41, 5.74) is 9.88. The van der Waals surface area contributed by atoms with Crippen LogP contribution in [0.3, 0.4) is 0 Å². The van der Waals surface area contributed by atoms with Crippen molar-refractivity contribution in [3.8, 4) is 11.3 Å². The molecule has 1 aromatic heterocycles. The number of nitrogens with zero attached hydrogens (tertiary/aromatic N) is 2. The lowest BCUT2D eigenvalue weighted by atomic mass is 10.1. The molecule has 124 valence electrons. The van der Waals surface area contributed by atoms with Gasteiger partial charge in [-0.15, -0.1) is 0 Å². The second-order valence-electron chi connectivity index (χ2n) is 5.61. The van der Waals surface area contributed by atoms with Crippen molar-refractivity contribution in [2.24, 2.45) is 0 Å². The summed E-state index contributed by atoms with van der Waals surface area (Å²) in [5, 5.41) is 7.17. The number of hydrogen-bond acceptors (Lipinski definition) is 5. The SMILES string of the molecule is Cc1c(Cl)cccc1-c1cc(NCCC2=CCNC=C2)nc(N)n1. The van der Waals surface area contributed by atoms with Crippen molar-refractivity contribution >= 4 is 23.4 Å². The molecule has 4 N–H and O–H groups in total. The highest BCUT2D eigenvalue weighted by atomic mass is 35.5. The summed E-state index contributed by atoms with van der Waals surface area (Å²) in [6.45, 7) is 3.63. The Morgan fingerprint density at radius 3 is 3.00 bits per heavy atom. The third-order valence-electron chi connectivity index (χ3n) is 3.90. The van der Waals surface area contributed by atoms with Crippen LogP contribution in [0, 0.1) is 6.92 Å². The monoisotopic (exact) mass is 341 g/mol. The van der Waals surface area contributed by atoms with E-state index in [1.54, 1.807) is 0 Å². The Morgan fingerprint density at radius 1 is 1.33 bits per heavy atom. The lowest BCUT2D eigenvalue weighted by Crippen LogP contribution is -2.11. The third-order valence-corrected chi connectivity index (χ3v) is 4.31. The fraction of sp³-hybridized carbons (Fsp3) is 0.222. The van der Waals surface area contributed by atoms with Gasteiger partial charge in [0.05, 0.1) is 5.69 Å². The Labute approximate surface area is 146 Å². The second kappa shape index (κ2) is 7.36. The molecule has 1 aliphatic rings. The number of hydrogen-bond donors (Lipinski definition) is 3. The summed E-state index contributed by atoms with van der Waals surface area (Å²) >= 11 is 6.20. The summed E-state index contributed by atoms with van der Waals surface area (Å²) in [5.74, 6) is 0.964. The summed E-state index contributed by atoms with van der Waals surface area (Å²) < 4.78 is 0. The lowest BCUT2D eigenvalue weighted by Gasteiger charge is -2.12. The molecule has 5 nitrogen and oxygen atoms in total. The Morgan fingerprint density at radius 2 is 2.21 bits per heavy atom. The standard InChI is InChI=1S/C18H20ClN5/c1-12-14(3-2-4-15(12)19)16-11-17(24-18(20)23-16)22-10-7-13-5-8-21-9-6-13/h2-6,8,11,21H,7,9-10H2,1H3,(H3,20,22,23,24). The van der Waals surface area contributed by atoms with Gasteiger partial charge in [0.25, 0.3) is 0 Å². The molecular weight excluding hydrogens is 322 g/mol. The second-order valence-corrected chi connectivity index (χ2v) is 6.01. The van der Waals surface area contributed by atoms with Gasteiger partial charge in [-0.2, -0.15) is 4.98 Å². The van der Waals surface area contributed by atoms with Gasteiger partial charge < -0.3 is 16.4 Å². The van der Waals surface area contributed by atoms with E-state index in [2.05, 4.69) is 32.8 Å². The first-order valence-corrected chi connectivity index (χ1v) is 8.24. The number of nitrogens with one attached hydrogen (secondary N) is 2. The first-order chi connectivity index (χ1) is 11.6. The maximum atomic E-state index is 6.20. The number of anilines is 2. The molecule has 0 amide bonds. The Balaban J connectivity index is 1.75. The highest BCUT2D eigenvalue weighted by Gasteiger charge is 2.09. The predicted octanol–water partition coefficient (Wildman–Crippen LogP) is 3.53. The smallest absolute Gasteiger partial charge is 0.222 e. The topological polar surface area (TPSA) is 75.9 Å². The maximum Gasteiger partial charge on any atom is 0.222 e. The minimum atomic E-state index is 0.246. The summed E-state index contributed by atoms with van der Waals surface area (Å²) in [4.78, 5) is 8.61. The molecule has 0 fully saturated rings. The first-order valence-electron chi connectivity index (χ1n) is 7.86. The van der Waals surface area contributed by atoms with E-state index >= 15 is 0 Å². The summed E-state index contributed by atoms with van der Waals surface area (Å²) in [6, 6.07) is 7.66. The molecule has 1 aromatic carbocycles. The van der Waals surface area contributed by atoms with Crippen molar-refractivity contribution in [3.05, 3.63) is 58.8 Å². The van der Waals surface area contributed by atoms with Crippen LogP contribution in [0.2, 0.25) is 5.02 Å². The van der Waals surface area contributed by atoms with Crippen LogP contribution in [0.4, 0.5) is 11.8 Å². The van der Waals surface area contributed by atoms with Crippen molar-refractivity contribution in [2.45, 2.75) is 13.3 Å². The number of allylic oxidation sites excluding steroid dienone is 1. The largest absolute Gasteiger partial charge is 0.387 e. The van der Waals surface area contributed by atoms with Crippen molar-refractivity contribution in [2.75, 3.05) is 24.1 Å². The van der Waals surface area contributed by atoms with Crippen LogP contribution < -0.4 is 16.4 Å². The predicted molar refractivity (Wildman–Crippen MR) is 100.0 cm³/mol. The van der Waals surface area contributed by atoms with Gasteiger partial charge in [0.1, 0.15) is 5.82 Å². The number of aromatic nitrogens is 2. The van der Waals surface area contributed by atoms with Gasteiger partial charge in [-0.05, 0) is 42.8 Å². The van der Waals surface area contributed by atoms with Crippen LogP contribution in [0.15, 0.2) is 48.2 Å². The number of nitrogen functional groups attached to an aromatic ring is 1. The molecule has 0 radical (unpaired) electrons. The lowest BCUT2D eigenvalue weighted by molar-refractivity contribution is 0.919. The molecular formula is C18H20ClN5. The molecule has 0 unspecified atom stereocenters. The first kappa shape index (κ1) is 16.3. The minimum absolute atomic E-state index is 0.246. The zero-order valence-corrected chi connectivity index (χ0v) is 14.3. The van der Waals surface area contributed by atoms with Gasteiger partial charge in [0.2, 0.25) is 5.95 Å². The molecule has 0 bridgehead atoms. The van der Waals surface area contributed by atoms with Crippen molar-refractivity contribution < 1.29 is 0 Å². The van der Waals surface area contributed by atoms with Gasteiger partial charge >= 0.3 is 0 Å². The quantitative estimate of drug-likeness (QED) is 0.775. The van der Waals surface area contributed by atoms with E-state index in [-0.39, 0.29) is 5.95 Å². The van der Waals surface area contributed by atoms with E-state index < -0.39 is 0 Å². The molecule has 2 heterocycles. The normalized spacial score (nSPS) is 13.3.